The van der Waals surface area contributed by atoms with Gasteiger partial charge in [0.25, 0.3) is 0 Å². The van der Waals surface area contributed by atoms with Gasteiger partial charge in [-0.3, -0.25) is 4.90 Å². The molecule has 0 saturated carbocycles. The number of hydrogen-bond acceptors (Lipinski definition) is 3. The van der Waals surface area contributed by atoms with E-state index in [1.54, 1.807) is 0 Å². The molecule has 1 saturated heterocycles. The lowest BCUT2D eigenvalue weighted by molar-refractivity contribution is 0.0195. The summed E-state index contributed by atoms with van der Waals surface area (Å²) in [6, 6.07) is 0.407. The van der Waals surface area contributed by atoms with E-state index in [2.05, 4.69) is 11.8 Å². The highest BCUT2D eigenvalue weighted by Crippen LogP contribution is 2.17. The fourth-order valence-electron chi connectivity index (χ4n) is 1.87. The van der Waals surface area contributed by atoms with E-state index in [4.69, 9.17) is 0 Å². The first-order valence-corrected chi connectivity index (χ1v) is 5.23. The number of aliphatic hydroxyl groups is 2. The Balaban J connectivity index is 2.33. The zero-order chi connectivity index (χ0) is 9.84. The van der Waals surface area contributed by atoms with E-state index in [9.17, 15) is 10.2 Å². The number of likely N-dealkylation sites (tertiary alicyclic amines) is 1. The van der Waals surface area contributed by atoms with E-state index < -0.39 is 0 Å². The highest BCUT2D eigenvalue weighted by molar-refractivity contribution is 4.79. The van der Waals surface area contributed by atoms with Crippen molar-refractivity contribution in [1.29, 1.82) is 0 Å². The van der Waals surface area contributed by atoms with Crippen LogP contribution in [0.5, 0.6) is 0 Å². The van der Waals surface area contributed by atoms with Crippen LogP contribution in [0, 0.1) is 0 Å². The SMILES string of the molecule is CC[C@@H](O)CN1CC[C@H](O)C[C@@H]1C. The van der Waals surface area contributed by atoms with Crippen molar-refractivity contribution in [3.05, 3.63) is 0 Å². The van der Waals surface area contributed by atoms with Gasteiger partial charge in [0.1, 0.15) is 0 Å². The van der Waals surface area contributed by atoms with E-state index in [-0.39, 0.29) is 12.2 Å². The van der Waals surface area contributed by atoms with Gasteiger partial charge in [0.05, 0.1) is 12.2 Å². The third-order valence-electron chi connectivity index (χ3n) is 2.90. The van der Waals surface area contributed by atoms with Crippen molar-refractivity contribution in [1.82, 2.24) is 4.90 Å². The minimum Gasteiger partial charge on any atom is -0.393 e. The molecule has 1 heterocycles. The zero-order valence-electron chi connectivity index (χ0n) is 8.61. The van der Waals surface area contributed by atoms with Gasteiger partial charge in [-0.1, -0.05) is 6.92 Å². The third kappa shape index (κ3) is 3.25. The average Bonchev–Trinajstić information content (AvgIpc) is 2.09. The Kier molecular flexibility index (Phi) is 4.16. The maximum Gasteiger partial charge on any atom is 0.0664 e. The Bertz CT molecular complexity index is 152. The minimum absolute atomic E-state index is 0.134. The van der Waals surface area contributed by atoms with Crippen LogP contribution in [0.4, 0.5) is 0 Å². The molecule has 3 atom stereocenters. The van der Waals surface area contributed by atoms with Crippen molar-refractivity contribution in [3.8, 4) is 0 Å². The summed E-state index contributed by atoms with van der Waals surface area (Å²) in [7, 11) is 0. The van der Waals surface area contributed by atoms with Crippen molar-refractivity contribution in [2.45, 2.75) is 51.4 Å². The fourth-order valence-corrected chi connectivity index (χ4v) is 1.87. The first kappa shape index (κ1) is 11.0. The molecule has 1 fully saturated rings. The molecule has 0 aromatic heterocycles. The zero-order valence-corrected chi connectivity index (χ0v) is 8.61. The molecule has 1 aliphatic rings. The van der Waals surface area contributed by atoms with Crippen LogP contribution in [-0.4, -0.2) is 46.5 Å². The summed E-state index contributed by atoms with van der Waals surface area (Å²) in [5, 5.41) is 18.9. The largest absolute Gasteiger partial charge is 0.393 e. The highest BCUT2D eigenvalue weighted by atomic mass is 16.3. The number of nitrogens with zero attached hydrogens (tertiary/aromatic N) is 1. The average molecular weight is 187 g/mol. The summed E-state index contributed by atoms with van der Waals surface area (Å²) in [5.74, 6) is 0. The van der Waals surface area contributed by atoms with E-state index >= 15 is 0 Å². The smallest absolute Gasteiger partial charge is 0.0664 e. The quantitative estimate of drug-likeness (QED) is 0.680. The van der Waals surface area contributed by atoms with Crippen LogP contribution in [0.25, 0.3) is 0 Å². The van der Waals surface area contributed by atoms with Crippen LogP contribution in [0.15, 0.2) is 0 Å². The number of rotatable bonds is 3. The first-order valence-electron chi connectivity index (χ1n) is 5.23. The second kappa shape index (κ2) is 4.94. The second-order valence-electron chi connectivity index (χ2n) is 4.08. The lowest BCUT2D eigenvalue weighted by Crippen LogP contribution is -2.45. The predicted octanol–water partition coefficient (Wildman–Crippen LogP) is 0.602. The molecule has 0 aromatic rings. The maximum absolute atomic E-state index is 9.49. The molecule has 0 bridgehead atoms. The molecule has 0 radical (unpaired) electrons. The van der Waals surface area contributed by atoms with Gasteiger partial charge >= 0.3 is 0 Å². The lowest BCUT2D eigenvalue weighted by atomic mass is 10.0. The topological polar surface area (TPSA) is 43.7 Å². The van der Waals surface area contributed by atoms with Gasteiger partial charge in [-0.25, -0.2) is 0 Å². The van der Waals surface area contributed by atoms with Gasteiger partial charge < -0.3 is 10.2 Å². The highest BCUT2D eigenvalue weighted by Gasteiger charge is 2.24. The Morgan fingerprint density at radius 2 is 2.23 bits per heavy atom. The Morgan fingerprint density at radius 3 is 2.77 bits per heavy atom. The van der Waals surface area contributed by atoms with Crippen LogP contribution in [0.1, 0.15) is 33.1 Å². The van der Waals surface area contributed by atoms with Gasteiger partial charge in [-0.05, 0) is 26.2 Å². The molecular formula is C10H21NO2. The normalized spacial score (nSPS) is 33.2. The van der Waals surface area contributed by atoms with Crippen LogP contribution in [-0.2, 0) is 0 Å². The molecule has 1 aliphatic heterocycles. The first-order chi connectivity index (χ1) is 6.13. The second-order valence-corrected chi connectivity index (χ2v) is 4.08. The summed E-state index contributed by atoms with van der Waals surface area (Å²) >= 11 is 0. The predicted molar refractivity (Wildman–Crippen MR) is 52.6 cm³/mol. The van der Waals surface area contributed by atoms with Crippen LogP contribution >= 0.6 is 0 Å². The van der Waals surface area contributed by atoms with Crippen LogP contribution < -0.4 is 0 Å². The molecule has 0 unspecified atom stereocenters. The van der Waals surface area contributed by atoms with Crippen molar-refractivity contribution in [2.75, 3.05) is 13.1 Å². The van der Waals surface area contributed by atoms with Crippen molar-refractivity contribution < 1.29 is 10.2 Å². The van der Waals surface area contributed by atoms with Gasteiger partial charge in [0.15, 0.2) is 0 Å². The minimum atomic E-state index is -0.210. The molecule has 0 aliphatic carbocycles. The van der Waals surface area contributed by atoms with Gasteiger partial charge in [-0.2, -0.15) is 0 Å². The molecule has 3 heteroatoms. The number of hydrogen-bond donors (Lipinski definition) is 2. The van der Waals surface area contributed by atoms with Crippen LogP contribution in [0.2, 0.25) is 0 Å². The number of piperidine rings is 1. The van der Waals surface area contributed by atoms with Crippen molar-refractivity contribution in [2.24, 2.45) is 0 Å². The van der Waals surface area contributed by atoms with E-state index in [0.717, 1.165) is 32.4 Å². The monoisotopic (exact) mass is 187 g/mol. The lowest BCUT2D eigenvalue weighted by Gasteiger charge is -2.36. The van der Waals surface area contributed by atoms with Gasteiger partial charge in [0.2, 0.25) is 0 Å². The van der Waals surface area contributed by atoms with Gasteiger partial charge in [0, 0.05) is 19.1 Å². The molecular weight excluding hydrogens is 166 g/mol. The third-order valence-corrected chi connectivity index (χ3v) is 2.90. The van der Waals surface area contributed by atoms with Gasteiger partial charge in [-0.15, -0.1) is 0 Å². The Hall–Kier alpha value is -0.120. The van der Waals surface area contributed by atoms with Crippen LogP contribution in [0.3, 0.4) is 0 Å². The molecule has 13 heavy (non-hydrogen) atoms. The Morgan fingerprint density at radius 1 is 1.54 bits per heavy atom. The number of β-amino-alcohol motifs (C(OH)–C–C–N with tert-alkyl or cyclic N) is 1. The summed E-state index contributed by atoms with van der Waals surface area (Å²) in [5.41, 5.74) is 0. The van der Waals surface area contributed by atoms with Crippen molar-refractivity contribution in [3.63, 3.8) is 0 Å². The molecule has 78 valence electrons. The summed E-state index contributed by atoms with van der Waals surface area (Å²) < 4.78 is 0. The van der Waals surface area contributed by atoms with E-state index in [1.165, 1.54) is 0 Å². The molecule has 0 aromatic carbocycles. The molecule has 0 amide bonds. The molecule has 0 spiro atoms. The standard InChI is InChI=1S/C10H21NO2/c1-3-9(12)7-11-5-4-10(13)6-8(11)2/h8-10,12-13H,3-7H2,1-2H3/t8-,9+,10-/m0/s1. The maximum atomic E-state index is 9.49. The molecule has 1 rings (SSSR count). The summed E-state index contributed by atoms with van der Waals surface area (Å²) in [4.78, 5) is 2.26. The fraction of sp³-hybridized carbons (Fsp3) is 1.00. The van der Waals surface area contributed by atoms with E-state index in [0.29, 0.717) is 6.04 Å². The Labute approximate surface area is 80.4 Å². The van der Waals surface area contributed by atoms with E-state index in [1.807, 2.05) is 6.92 Å². The molecule has 3 nitrogen and oxygen atoms in total. The molecule has 2 N–H and O–H groups in total. The number of aliphatic hydroxyl groups excluding tert-OH is 2. The summed E-state index contributed by atoms with van der Waals surface area (Å²) in [6.07, 6.45) is 2.16. The summed E-state index contributed by atoms with van der Waals surface area (Å²) in [6.45, 7) is 5.78. The van der Waals surface area contributed by atoms with Crippen molar-refractivity contribution >= 4 is 0 Å².